The van der Waals surface area contributed by atoms with E-state index < -0.39 is 61.8 Å². The normalized spacial score (nSPS) is 56.5. The molecule has 8 atom stereocenters. The van der Waals surface area contributed by atoms with Gasteiger partial charge in [-0.3, -0.25) is 14.8 Å². The van der Waals surface area contributed by atoms with E-state index in [1.165, 1.54) is 0 Å². The van der Waals surface area contributed by atoms with Crippen molar-refractivity contribution in [3.8, 4) is 0 Å². The number of rotatable bonds is 0. The van der Waals surface area contributed by atoms with Crippen molar-refractivity contribution < 1.29 is 19.5 Å². The number of carbonyl (C=O) groups is 2. The Morgan fingerprint density at radius 3 is 1.62 bits per heavy atom. The van der Waals surface area contributed by atoms with Gasteiger partial charge in [0.1, 0.15) is 9.75 Å². The highest BCUT2D eigenvalue weighted by Gasteiger charge is 2.89. The standard InChI is InChI=1S/C13H7Cl6NO4/c14-7-8(15)12(17)4-3(11(7,16)13(12,18)19)5-1-2(6(4)24-5)10(22)20(23)9(1)21/h1-6,23H/t1-,2-,3-,4-,5+,6+,11-,12-/m0/s1. The third-order valence-electron chi connectivity index (χ3n) is 6.16. The minimum absolute atomic E-state index is 0.0254. The Labute approximate surface area is 165 Å². The van der Waals surface area contributed by atoms with Crippen LogP contribution in [0.25, 0.3) is 0 Å². The van der Waals surface area contributed by atoms with Crippen LogP contribution in [0.5, 0.6) is 0 Å². The number of nitrogens with zero attached hydrogens (tertiary/aromatic N) is 1. The molecule has 0 spiro atoms. The number of hydrogen-bond acceptors (Lipinski definition) is 4. The molecule has 0 aromatic carbocycles. The van der Waals surface area contributed by atoms with Gasteiger partial charge in [0.15, 0.2) is 4.33 Å². The molecule has 5 aliphatic rings. The van der Waals surface area contributed by atoms with E-state index in [2.05, 4.69) is 0 Å². The molecule has 130 valence electrons. The van der Waals surface area contributed by atoms with E-state index >= 15 is 0 Å². The summed E-state index contributed by atoms with van der Waals surface area (Å²) in [6, 6.07) is 0. The summed E-state index contributed by atoms with van der Waals surface area (Å²) in [6.45, 7) is 0. The van der Waals surface area contributed by atoms with Crippen LogP contribution >= 0.6 is 69.6 Å². The summed E-state index contributed by atoms with van der Waals surface area (Å²) in [7, 11) is 0. The van der Waals surface area contributed by atoms with Crippen LogP contribution in [-0.4, -0.2) is 48.4 Å². The molecule has 3 aliphatic heterocycles. The number of halogens is 6. The Kier molecular flexibility index (Phi) is 3.01. The largest absolute Gasteiger partial charge is 0.373 e. The highest BCUT2D eigenvalue weighted by Crippen LogP contribution is 2.81. The van der Waals surface area contributed by atoms with Crippen molar-refractivity contribution in [3.63, 3.8) is 0 Å². The van der Waals surface area contributed by atoms with Gasteiger partial charge in [-0.15, -0.1) is 23.2 Å². The lowest BCUT2D eigenvalue weighted by Crippen LogP contribution is -2.50. The molecule has 1 N–H and O–H groups in total. The Morgan fingerprint density at radius 2 is 1.25 bits per heavy atom. The van der Waals surface area contributed by atoms with Crippen LogP contribution in [0.15, 0.2) is 10.1 Å². The van der Waals surface area contributed by atoms with Gasteiger partial charge >= 0.3 is 0 Å². The molecule has 0 radical (unpaired) electrons. The molecule has 0 aromatic heterocycles. The molecule has 0 aromatic rings. The lowest BCUT2D eigenvalue weighted by Gasteiger charge is -2.39. The molecule has 5 nitrogen and oxygen atoms in total. The van der Waals surface area contributed by atoms with Gasteiger partial charge in [-0.25, -0.2) is 0 Å². The SMILES string of the molecule is O=C1[C@@H]2[C@H]3O[C@H]([C@H]2C(=O)N1O)[C@@H]1[C@@H]3[C@]2(Cl)C(Cl)=C(Cl)[C@]1(Cl)C2(Cl)Cl. The fourth-order valence-corrected chi connectivity index (χ4v) is 8.34. The van der Waals surface area contributed by atoms with Crippen LogP contribution in [0.1, 0.15) is 0 Å². The number of ether oxygens (including phenoxy) is 1. The Balaban J connectivity index is 1.73. The molecule has 4 bridgehead atoms. The van der Waals surface area contributed by atoms with Crippen LogP contribution in [0.2, 0.25) is 0 Å². The molecule has 11 heteroatoms. The van der Waals surface area contributed by atoms with Gasteiger partial charge in [0.05, 0.1) is 34.1 Å². The molecule has 3 saturated heterocycles. The number of fused-ring (bicyclic) bond motifs is 12. The number of carbonyl (C=O) groups excluding carboxylic acids is 2. The van der Waals surface area contributed by atoms with E-state index in [1.54, 1.807) is 0 Å². The minimum atomic E-state index is -1.74. The number of hydroxylamine groups is 2. The van der Waals surface area contributed by atoms with Crippen LogP contribution in [0.3, 0.4) is 0 Å². The third-order valence-corrected chi connectivity index (χ3v) is 10.4. The molecule has 3 heterocycles. The summed E-state index contributed by atoms with van der Waals surface area (Å²) < 4.78 is 4.15. The molecule has 4 fully saturated rings. The molecular formula is C13H7Cl6NO4. The maximum Gasteiger partial charge on any atom is 0.259 e. The topological polar surface area (TPSA) is 66.8 Å². The molecule has 1 saturated carbocycles. The van der Waals surface area contributed by atoms with Gasteiger partial charge in [-0.1, -0.05) is 46.4 Å². The molecule has 24 heavy (non-hydrogen) atoms. The second kappa shape index (κ2) is 4.33. The smallest absolute Gasteiger partial charge is 0.259 e. The fourth-order valence-electron chi connectivity index (χ4n) is 5.28. The molecular weight excluding hydrogens is 447 g/mol. The number of imide groups is 1. The lowest BCUT2D eigenvalue weighted by molar-refractivity contribution is -0.176. The first-order valence-corrected chi connectivity index (χ1v) is 9.33. The minimum Gasteiger partial charge on any atom is -0.373 e. The fraction of sp³-hybridized carbons (Fsp3) is 0.692. The predicted octanol–water partition coefficient (Wildman–Crippen LogP) is 2.84. The van der Waals surface area contributed by atoms with Crippen LogP contribution in [-0.2, 0) is 14.3 Å². The lowest BCUT2D eigenvalue weighted by atomic mass is 9.65. The highest BCUT2D eigenvalue weighted by atomic mass is 35.5. The second-order valence-electron chi connectivity index (χ2n) is 6.78. The van der Waals surface area contributed by atoms with E-state index in [0.717, 1.165) is 0 Å². The highest BCUT2D eigenvalue weighted by molar-refractivity contribution is 6.65. The van der Waals surface area contributed by atoms with Crippen molar-refractivity contribution in [3.05, 3.63) is 10.1 Å². The maximum atomic E-state index is 12.2. The first-order valence-electron chi connectivity index (χ1n) is 7.07. The molecule has 5 rings (SSSR count). The van der Waals surface area contributed by atoms with Crippen molar-refractivity contribution in [2.45, 2.75) is 26.3 Å². The summed E-state index contributed by atoms with van der Waals surface area (Å²) in [4.78, 5) is 21.4. The third kappa shape index (κ3) is 1.28. The van der Waals surface area contributed by atoms with Gasteiger partial charge < -0.3 is 4.74 Å². The first-order chi connectivity index (χ1) is 11.0. The van der Waals surface area contributed by atoms with Gasteiger partial charge in [0, 0.05) is 11.8 Å². The van der Waals surface area contributed by atoms with E-state index in [1.807, 2.05) is 0 Å². The number of hydrogen-bond donors (Lipinski definition) is 1. The zero-order valence-corrected chi connectivity index (χ0v) is 15.9. The average Bonchev–Trinajstić information content (AvgIpc) is 3.21. The molecule has 0 unspecified atom stereocenters. The van der Waals surface area contributed by atoms with Crippen LogP contribution in [0, 0.1) is 23.7 Å². The van der Waals surface area contributed by atoms with Crippen molar-refractivity contribution >= 4 is 81.4 Å². The zero-order chi connectivity index (χ0) is 17.6. The predicted molar refractivity (Wildman–Crippen MR) is 86.6 cm³/mol. The maximum absolute atomic E-state index is 12.2. The Hall–Kier alpha value is 0.540. The second-order valence-corrected chi connectivity index (χ2v) is 10.1. The number of alkyl halides is 4. The Morgan fingerprint density at radius 1 is 0.875 bits per heavy atom. The van der Waals surface area contributed by atoms with E-state index in [9.17, 15) is 14.8 Å². The van der Waals surface area contributed by atoms with Crippen molar-refractivity contribution in [2.24, 2.45) is 23.7 Å². The van der Waals surface area contributed by atoms with Crippen molar-refractivity contribution in [1.29, 1.82) is 0 Å². The van der Waals surface area contributed by atoms with Gasteiger partial charge in [0.25, 0.3) is 11.8 Å². The molecule has 2 amide bonds. The van der Waals surface area contributed by atoms with E-state index in [4.69, 9.17) is 74.3 Å². The van der Waals surface area contributed by atoms with Gasteiger partial charge in [-0.05, 0) is 0 Å². The summed E-state index contributed by atoms with van der Waals surface area (Å²) >= 11 is 39.2. The van der Waals surface area contributed by atoms with E-state index in [-0.39, 0.29) is 15.1 Å². The zero-order valence-electron chi connectivity index (χ0n) is 11.4. The number of amides is 2. The summed E-state index contributed by atoms with van der Waals surface area (Å²) in [6.07, 6.45) is -1.57. The van der Waals surface area contributed by atoms with Crippen molar-refractivity contribution in [2.75, 3.05) is 0 Å². The van der Waals surface area contributed by atoms with Crippen LogP contribution < -0.4 is 0 Å². The first kappa shape index (κ1) is 16.7. The summed E-state index contributed by atoms with van der Waals surface area (Å²) in [5.74, 6) is -4.42. The van der Waals surface area contributed by atoms with Crippen molar-refractivity contribution in [1.82, 2.24) is 5.06 Å². The van der Waals surface area contributed by atoms with Crippen LogP contribution in [0.4, 0.5) is 0 Å². The van der Waals surface area contributed by atoms with Gasteiger partial charge in [0.2, 0.25) is 0 Å². The van der Waals surface area contributed by atoms with E-state index in [0.29, 0.717) is 0 Å². The quantitative estimate of drug-likeness (QED) is 0.348. The molecule has 2 aliphatic carbocycles. The summed E-state index contributed by atoms with van der Waals surface area (Å²) in [5, 5.41) is 9.86. The average molecular weight is 454 g/mol. The number of allylic oxidation sites excluding steroid dienone is 2. The summed E-state index contributed by atoms with van der Waals surface area (Å²) in [5.41, 5.74) is 0. The monoisotopic (exact) mass is 451 g/mol. The van der Waals surface area contributed by atoms with Gasteiger partial charge in [-0.2, -0.15) is 5.06 Å². The Bertz CT molecular complexity index is 714.